The number of aromatic nitrogens is 4. The van der Waals surface area contributed by atoms with Gasteiger partial charge in [-0.05, 0) is 42.7 Å². The van der Waals surface area contributed by atoms with Crippen LogP contribution in [0.1, 0.15) is 49.5 Å². The van der Waals surface area contributed by atoms with E-state index in [1.807, 2.05) is 58.8 Å². The lowest BCUT2D eigenvalue weighted by molar-refractivity contribution is 0.292. The van der Waals surface area contributed by atoms with E-state index in [0.29, 0.717) is 12.0 Å². The zero-order chi connectivity index (χ0) is 22.6. The van der Waals surface area contributed by atoms with Crippen LogP contribution in [0.3, 0.4) is 0 Å². The average molecular weight is 461 g/mol. The summed E-state index contributed by atoms with van der Waals surface area (Å²) in [6, 6.07) is 16.0. The maximum Gasteiger partial charge on any atom is 0.262 e. The molecule has 6 nitrogen and oxygen atoms in total. The molecule has 2 aromatic carbocycles. The van der Waals surface area contributed by atoms with Crippen molar-refractivity contribution in [3.8, 4) is 5.75 Å². The molecule has 0 saturated heterocycles. The van der Waals surface area contributed by atoms with Crippen molar-refractivity contribution in [3.05, 3.63) is 82.7 Å². The van der Waals surface area contributed by atoms with Crippen LogP contribution in [0.5, 0.6) is 5.75 Å². The predicted octanol–water partition coefficient (Wildman–Crippen LogP) is 5.51. The topological polar surface area (TPSA) is 61.9 Å². The van der Waals surface area contributed by atoms with Crippen molar-refractivity contribution in [1.82, 2.24) is 19.1 Å². The minimum atomic E-state index is 0.0908. The number of nitrogens with zero attached hydrogens (tertiary/aromatic N) is 4. The van der Waals surface area contributed by atoms with E-state index in [4.69, 9.17) is 9.72 Å². The molecule has 1 aliphatic carbocycles. The molecule has 0 N–H and O–H groups in total. The standard InChI is InChI=1S/C26H28N4O2S/c1-29-16-15-27-24(29)17-32-21-13-11-19(12-14-21)18-33-26-28-23-10-6-5-9-22(23)25(31)30(26)20-7-3-2-4-8-20/h5-6,9-16,20H,2-4,7-8,17-18H2,1H3. The molecule has 5 rings (SSSR count). The zero-order valence-electron chi connectivity index (χ0n) is 18.8. The first-order valence-electron chi connectivity index (χ1n) is 11.5. The van der Waals surface area contributed by atoms with Crippen molar-refractivity contribution in [2.45, 2.75) is 55.7 Å². The quantitative estimate of drug-likeness (QED) is 0.269. The molecule has 4 aromatic rings. The molecule has 170 valence electrons. The molecule has 33 heavy (non-hydrogen) atoms. The van der Waals surface area contributed by atoms with Gasteiger partial charge in [-0.3, -0.25) is 9.36 Å². The van der Waals surface area contributed by atoms with Crippen LogP contribution >= 0.6 is 11.8 Å². The minimum Gasteiger partial charge on any atom is -0.486 e. The second kappa shape index (κ2) is 9.83. The van der Waals surface area contributed by atoms with Crippen LogP contribution in [0.25, 0.3) is 10.9 Å². The summed E-state index contributed by atoms with van der Waals surface area (Å²) in [6.45, 7) is 0.437. The number of rotatable bonds is 7. The molecule has 1 fully saturated rings. The van der Waals surface area contributed by atoms with Crippen molar-refractivity contribution in [2.24, 2.45) is 7.05 Å². The van der Waals surface area contributed by atoms with Gasteiger partial charge in [0, 0.05) is 31.2 Å². The van der Waals surface area contributed by atoms with Crippen LogP contribution in [0.4, 0.5) is 0 Å². The molecule has 0 aliphatic heterocycles. The van der Waals surface area contributed by atoms with Gasteiger partial charge in [-0.25, -0.2) is 9.97 Å². The van der Waals surface area contributed by atoms with Crippen molar-refractivity contribution in [2.75, 3.05) is 0 Å². The highest BCUT2D eigenvalue weighted by atomic mass is 32.2. The molecule has 2 aromatic heterocycles. The van der Waals surface area contributed by atoms with E-state index in [0.717, 1.165) is 40.8 Å². The number of para-hydroxylation sites is 1. The van der Waals surface area contributed by atoms with Crippen LogP contribution in [-0.4, -0.2) is 19.1 Å². The zero-order valence-corrected chi connectivity index (χ0v) is 19.6. The smallest absolute Gasteiger partial charge is 0.262 e. The number of thioether (sulfide) groups is 1. The van der Waals surface area contributed by atoms with Crippen LogP contribution in [0, 0.1) is 0 Å². The van der Waals surface area contributed by atoms with Gasteiger partial charge in [-0.15, -0.1) is 0 Å². The molecule has 0 spiro atoms. The highest BCUT2D eigenvalue weighted by Crippen LogP contribution is 2.32. The Labute approximate surface area is 197 Å². The lowest BCUT2D eigenvalue weighted by atomic mass is 9.95. The number of fused-ring (bicyclic) bond motifs is 1. The van der Waals surface area contributed by atoms with E-state index < -0.39 is 0 Å². The highest BCUT2D eigenvalue weighted by molar-refractivity contribution is 7.98. The number of hydrogen-bond donors (Lipinski definition) is 0. The van der Waals surface area contributed by atoms with Gasteiger partial charge in [0.1, 0.15) is 18.2 Å². The molecule has 1 aliphatic rings. The molecule has 0 unspecified atom stereocenters. The first kappa shape index (κ1) is 21.8. The monoisotopic (exact) mass is 460 g/mol. The van der Waals surface area contributed by atoms with Gasteiger partial charge in [-0.2, -0.15) is 0 Å². The fraction of sp³-hybridized carbons (Fsp3) is 0.346. The van der Waals surface area contributed by atoms with Gasteiger partial charge >= 0.3 is 0 Å². The van der Waals surface area contributed by atoms with Crippen LogP contribution in [0.2, 0.25) is 0 Å². The summed E-state index contributed by atoms with van der Waals surface area (Å²) >= 11 is 1.64. The summed E-state index contributed by atoms with van der Waals surface area (Å²) in [4.78, 5) is 22.6. The van der Waals surface area contributed by atoms with E-state index >= 15 is 0 Å². The Bertz CT molecular complexity index is 1290. The Balaban J connectivity index is 1.33. The molecule has 0 bridgehead atoms. The summed E-state index contributed by atoms with van der Waals surface area (Å²) in [5, 5.41) is 1.53. The molecular weight excluding hydrogens is 432 g/mol. The van der Waals surface area contributed by atoms with E-state index in [2.05, 4.69) is 17.1 Å². The van der Waals surface area contributed by atoms with Crippen LogP contribution in [0.15, 0.2) is 70.9 Å². The third-order valence-corrected chi connectivity index (χ3v) is 7.32. The first-order chi connectivity index (χ1) is 16.2. The van der Waals surface area contributed by atoms with Crippen molar-refractivity contribution < 1.29 is 4.74 Å². The maximum absolute atomic E-state index is 13.4. The summed E-state index contributed by atoms with van der Waals surface area (Å²) < 4.78 is 9.78. The normalized spacial score (nSPS) is 14.6. The van der Waals surface area contributed by atoms with E-state index in [9.17, 15) is 4.79 Å². The fourth-order valence-electron chi connectivity index (χ4n) is 4.40. The van der Waals surface area contributed by atoms with Crippen molar-refractivity contribution in [1.29, 1.82) is 0 Å². The molecule has 2 heterocycles. The minimum absolute atomic E-state index is 0.0908. The number of ether oxygens (including phenoxy) is 1. The largest absolute Gasteiger partial charge is 0.486 e. The van der Waals surface area contributed by atoms with Crippen LogP contribution in [-0.2, 0) is 19.4 Å². The van der Waals surface area contributed by atoms with Crippen molar-refractivity contribution in [3.63, 3.8) is 0 Å². The molecule has 7 heteroatoms. The lowest BCUT2D eigenvalue weighted by Gasteiger charge is -2.26. The lowest BCUT2D eigenvalue weighted by Crippen LogP contribution is -2.29. The third-order valence-electron chi connectivity index (χ3n) is 6.30. The Kier molecular flexibility index (Phi) is 6.48. The molecule has 0 amide bonds. The van der Waals surface area contributed by atoms with Crippen molar-refractivity contribution >= 4 is 22.7 Å². The average Bonchev–Trinajstić information content (AvgIpc) is 3.27. The second-order valence-electron chi connectivity index (χ2n) is 8.55. The summed E-state index contributed by atoms with van der Waals surface area (Å²) in [6.07, 6.45) is 9.38. The number of aryl methyl sites for hydroxylation is 1. The van der Waals surface area contributed by atoms with Gasteiger partial charge in [0.05, 0.1) is 10.9 Å². The van der Waals surface area contributed by atoms with Gasteiger partial charge in [0.25, 0.3) is 5.56 Å². The van der Waals surface area contributed by atoms with E-state index in [-0.39, 0.29) is 11.6 Å². The molecule has 0 atom stereocenters. The Hall–Kier alpha value is -3.06. The molecular formula is C26H28N4O2S. The van der Waals surface area contributed by atoms with E-state index in [1.165, 1.54) is 24.8 Å². The summed E-state index contributed by atoms with van der Waals surface area (Å²) in [5.41, 5.74) is 2.03. The molecule has 1 saturated carbocycles. The van der Waals surface area contributed by atoms with E-state index in [1.54, 1.807) is 18.0 Å². The van der Waals surface area contributed by atoms with Gasteiger partial charge in [0.2, 0.25) is 0 Å². The molecule has 0 radical (unpaired) electrons. The number of hydrogen-bond acceptors (Lipinski definition) is 5. The predicted molar refractivity (Wildman–Crippen MR) is 132 cm³/mol. The maximum atomic E-state index is 13.4. The SMILES string of the molecule is Cn1ccnc1COc1ccc(CSc2nc3ccccc3c(=O)n2C2CCCCC2)cc1. The third kappa shape index (κ3) is 4.83. The number of benzene rings is 2. The van der Waals surface area contributed by atoms with Gasteiger partial charge in [-0.1, -0.05) is 55.3 Å². The number of imidazole rings is 1. The van der Waals surface area contributed by atoms with Crippen LogP contribution < -0.4 is 10.3 Å². The second-order valence-corrected chi connectivity index (χ2v) is 9.50. The first-order valence-corrected chi connectivity index (χ1v) is 12.5. The van der Waals surface area contributed by atoms with Gasteiger partial charge in [0.15, 0.2) is 5.16 Å². The highest BCUT2D eigenvalue weighted by Gasteiger charge is 2.21. The Morgan fingerprint density at radius 3 is 2.61 bits per heavy atom. The Morgan fingerprint density at radius 2 is 1.85 bits per heavy atom. The van der Waals surface area contributed by atoms with Gasteiger partial charge < -0.3 is 9.30 Å². The fourth-order valence-corrected chi connectivity index (χ4v) is 5.42. The Morgan fingerprint density at radius 1 is 1.06 bits per heavy atom. The summed E-state index contributed by atoms with van der Waals surface area (Å²) in [7, 11) is 1.96. The summed E-state index contributed by atoms with van der Waals surface area (Å²) in [5.74, 6) is 2.45.